The van der Waals surface area contributed by atoms with Gasteiger partial charge in [0.05, 0.1) is 6.61 Å². The molecular weight excluding hydrogens is 378 g/mol. The third-order valence-electron chi connectivity index (χ3n) is 6.61. The van der Waals surface area contributed by atoms with Crippen molar-refractivity contribution in [1.29, 1.82) is 0 Å². The van der Waals surface area contributed by atoms with Crippen LogP contribution in [0.2, 0.25) is 0 Å². The van der Waals surface area contributed by atoms with Crippen LogP contribution in [0.15, 0.2) is 43.2 Å². The highest BCUT2D eigenvalue weighted by Gasteiger charge is 2.45. The van der Waals surface area contributed by atoms with Gasteiger partial charge < -0.3 is 9.64 Å². The molecule has 0 saturated carbocycles. The zero-order valence-electron chi connectivity index (χ0n) is 17.7. The molecule has 1 unspecified atom stereocenters. The van der Waals surface area contributed by atoms with Crippen LogP contribution in [0.4, 0.5) is 0 Å². The molecule has 7 heteroatoms. The molecule has 160 valence electrons. The lowest BCUT2D eigenvalue weighted by molar-refractivity contribution is -0.133. The number of pyridine rings is 1. The van der Waals surface area contributed by atoms with Crippen molar-refractivity contribution >= 4 is 5.91 Å². The highest BCUT2D eigenvalue weighted by Crippen LogP contribution is 2.44. The molecular formula is C23H31N5O2. The molecule has 4 rings (SSSR count). The average molecular weight is 410 g/mol. The molecule has 2 aromatic heterocycles. The normalized spacial score (nSPS) is 21.2. The summed E-state index contributed by atoms with van der Waals surface area (Å²) in [4.78, 5) is 29.6. The Hall–Kier alpha value is -2.38. The number of piperidine rings is 1. The van der Waals surface area contributed by atoms with Crippen molar-refractivity contribution in [1.82, 2.24) is 24.8 Å². The van der Waals surface area contributed by atoms with Crippen LogP contribution in [0.25, 0.3) is 0 Å². The van der Waals surface area contributed by atoms with E-state index in [0.29, 0.717) is 18.9 Å². The third-order valence-corrected chi connectivity index (χ3v) is 6.61. The van der Waals surface area contributed by atoms with E-state index in [1.54, 1.807) is 19.5 Å². The lowest BCUT2D eigenvalue weighted by atomic mass is 9.76. The summed E-state index contributed by atoms with van der Waals surface area (Å²) >= 11 is 0. The molecule has 0 aliphatic carbocycles. The van der Waals surface area contributed by atoms with Crippen LogP contribution in [-0.2, 0) is 22.5 Å². The van der Waals surface area contributed by atoms with Gasteiger partial charge in [0, 0.05) is 70.5 Å². The molecule has 0 aromatic carbocycles. The summed E-state index contributed by atoms with van der Waals surface area (Å²) in [5.74, 6) is 0.243. The van der Waals surface area contributed by atoms with Gasteiger partial charge in [-0.05, 0) is 48.3 Å². The first-order valence-electron chi connectivity index (χ1n) is 10.8. The van der Waals surface area contributed by atoms with E-state index in [2.05, 4.69) is 25.9 Å². The number of ether oxygens (including phenoxy) is 1. The maximum Gasteiger partial charge on any atom is 0.222 e. The minimum absolute atomic E-state index is 0.243. The first kappa shape index (κ1) is 20.9. The first-order chi connectivity index (χ1) is 14.7. The molecule has 1 spiro atoms. The fourth-order valence-corrected chi connectivity index (χ4v) is 4.98. The number of rotatable bonds is 7. The highest BCUT2D eigenvalue weighted by molar-refractivity contribution is 5.76. The largest absolute Gasteiger partial charge is 0.383 e. The number of methoxy groups -OCH3 is 1. The van der Waals surface area contributed by atoms with E-state index in [1.807, 2.05) is 23.4 Å². The van der Waals surface area contributed by atoms with Gasteiger partial charge in [0.1, 0.15) is 6.33 Å². The van der Waals surface area contributed by atoms with Gasteiger partial charge in [-0.15, -0.1) is 0 Å². The molecule has 0 bridgehead atoms. The molecule has 1 amide bonds. The van der Waals surface area contributed by atoms with Gasteiger partial charge in [-0.2, -0.15) is 0 Å². The maximum atomic E-state index is 12.7. The van der Waals surface area contributed by atoms with Crippen LogP contribution in [-0.4, -0.2) is 70.1 Å². The number of aryl methyl sites for hydroxylation is 1. The fourth-order valence-electron chi connectivity index (χ4n) is 4.98. The monoisotopic (exact) mass is 409 g/mol. The Morgan fingerprint density at radius 1 is 1.17 bits per heavy atom. The second-order valence-electron chi connectivity index (χ2n) is 8.71. The topological polar surface area (TPSA) is 71.5 Å². The van der Waals surface area contributed by atoms with E-state index in [9.17, 15) is 4.79 Å². The number of aromatic nitrogens is 3. The van der Waals surface area contributed by atoms with Crippen LogP contribution < -0.4 is 0 Å². The van der Waals surface area contributed by atoms with Crippen LogP contribution in [0.1, 0.15) is 36.8 Å². The predicted molar refractivity (Wildman–Crippen MR) is 114 cm³/mol. The van der Waals surface area contributed by atoms with Crippen molar-refractivity contribution in [2.75, 3.05) is 33.4 Å². The van der Waals surface area contributed by atoms with E-state index in [4.69, 9.17) is 4.74 Å². The Morgan fingerprint density at radius 3 is 2.63 bits per heavy atom. The van der Waals surface area contributed by atoms with E-state index in [-0.39, 0.29) is 11.3 Å². The summed E-state index contributed by atoms with van der Waals surface area (Å²) in [6, 6.07) is 4.56. The Balaban J connectivity index is 1.32. The van der Waals surface area contributed by atoms with Crippen molar-refractivity contribution in [3.63, 3.8) is 0 Å². The summed E-state index contributed by atoms with van der Waals surface area (Å²) in [5, 5.41) is 0. The Labute approximate surface area is 178 Å². The quantitative estimate of drug-likeness (QED) is 0.699. The van der Waals surface area contributed by atoms with Crippen molar-refractivity contribution in [2.45, 2.75) is 44.7 Å². The molecule has 0 radical (unpaired) electrons. The zero-order chi connectivity index (χ0) is 20.8. The minimum Gasteiger partial charge on any atom is -0.383 e. The Bertz CT molecular complexity index is 809. The molecule has 2 saturated heterocycles. The summed E-state index contributed by atoms with van der Waals surface area (Å²) in [7, 11) is 1.78. The summed E-state index contributed by atoms with van der Waals surface area (Å²) in [6.07, 6.45) is 13.4. The lowest BCUT2D eigenvalue weighted by Crippen LogP contribution is -2.44. The third kappa shape index (κ3) is 5.02. The number of hydrogen-bond acceptors (Lipinski definition) is 6. The second kappa shape index (κ2) is 9.62. The maximum absolute atomic E-state index is 12.7. The number of carbonyl (C=O) groups is 1. The van der Waals surface area contributed by atoms with Crippen LogP contribution in [0, 0.1) is 5.41 Å². The van der Waals surface area contributed by atoms with Gasteiger partial charge in [-0.1, -0.05) is 6.07 Å². The minimum atomic E-state index is 0.243. The number of nitrogens with zero attached hydrogens (tertiary/aromatic N) is 5. The van der Waals surface area contributed by atoms with Crippen molar-refractivity contribution in [3.05, 3.63) is 54.4 Å². The molecule has 2 aliphatic rings. The van der Waals surface area contributed by atoms with Gasteiger partial charge >= 0.3 is 0 Å². The fraction of sp³-hybridized carbons (Fsp3) is 0.565. The van der Waals surface area contributed by atoms with Crippen LogP contribution in [0.3, 0.4) is 0 Å². The zero-order valence-corrected chi connectivity index (χ0v) is 17.7. The van der Waals surface area contributed by atoms with Crippen LogP contribution in [0.5, 0.6) is 0 Å². The average Bonchev–Trinajstić information content (AvgIpc) is 3.10. The summed E-state index contributed by atoms with van der Waals surface area (Å²) in [6.45, 7) is 4.43. The van der Waals surface area contributed by atoms with Gasteiger partial charge in [0.2, 0.25) is 5.91 Å². The lowest BCUT2D eigenvalue weighted by Gasteiger charge is -2.39. The predicted octanol–water partition coefficient (Wildman–Crippen LogP) is 2.33. The number of amides is 1. The van der Waals surface area contributed by atoms with E-state index < -0.39 is 0 Å². The summed E-state index contributed by atoms with van der Waals surface area (Å²) < 4.78 is 5.53. The van der Waals surface area contributed by atoms with Gasteiger partial charge in [-0.25, -0.2) is 9.97 Å². The van der Waals surface area contributed by atoms with Gasteiger partial charge in [-0.3, -0.25) is 14.7 Å². The van der Waals surface area contributed by atoms with Gasteiger partial charge in [0.15, 0.2) is 0 Å². The molecule has 30 heavy (non-hydrogen) atoms. The number of likely N-dealkylation sites (tertiary alicyclic amines) is 2. The molecule has 2 fully saturated rings. The molecule has 7 nitrogen and oxygen atoms in total. The van der Waals surface area contributed by atoms with Crippen molar-refractivity contribution in [3.8, 4) is 0 Å². The SMILES string of the molecule is COCC1CC2(CCN(C(=O)CCc3cncnc3)CC2)CN1Cc1cccnc1. The van der Waals surface area contributed by atoms with Crippen molar-refractivity contribution in [2.24, 2.45) is 5.41 Å². The standard InChI is InChI=1S/C23H31N5O2/c1-30-16-21-11-23(17-28(21)15-20-3-2-8-24-14-20)6-9-27(10-7-23)22(29)5-4-19-12-25-18-26-13-19/h2-3,8,12-14,18,21H,4-7,9-11,15-17H2,1H3. The molecule has 2 aliphatic heterocycles. The Morgan fingerprint density at radius 2 is 1.93 bits per heavy atom. The summed E-state index contributed by atoms with van der Waals surface area (Å²) in [5.41, 5.74) is 2.55. The Kier molecular flexibility index (Phi) is 6.69. The second-order valence-corrected chi connectivity index (χ2v) is 8.71. The smallest absolute Gasteiger partial charge is 0.222 e. The van der Waals surface area contributed by atoms with E-state index in [1.165, 1.54) is 11.9 Å². The van der Waals surface area contributed by atoms with E-state index in [0.717, 1.165) is 57.6 Å². The number of hydrogen-bond donors (Lipinski definition) is 0. The molecule has 1 atom stereocenters. The molecule has 2 aromatic rings. The van der Waals surface area contributed by atoms with E-state index >= 15 is 0 Å². The van der Waals surface area contributed by atoms with Gasteiger partial charge in [0.25, 0.3) is 0 Å². The molecule has 4 heterocycles. The highest BCUT2D eigenvalue weighted by atomic mass is 16.5. The van der Waals surface area contributed by atoms with Crippen LogP contribution >= 0.6 is 0 Å². The number of carbonyl (C=O) groups excluding carboxylic acids is 1. The first-order valence-corrected chi connectivity index (χ1v) is 10.8. The van der Waals surface area contributed by atoms with Crippen molar-refractivity contribution < 1.29 is 9.53 Å². The molecule has 0 N–H and O–H groups in total.